The molecule has 1 N–H and O–H groups in total. The number of carbonyl (C=O) groups excluding carboxylic acids is 1. The molecule has 0 radical (unpaired) electrons. The van der Waals surface area contributed by atoms with Gasteiger partial charge in [-0.2, -0.15) is 18.3 Å². The van der Waals surface area contributed by atoms with Crippen LogP contribution in [0.15, 0.2) is 34.8 Å². The van der Waals surface area contributed by atoms with E-state index >= 15 is 0 Å². The largest absolute Gasteiger partial charge is 0.410 e. The lowest BCUT2D eigenvalue weighted by Gasteiger charge is -2.33. The number of aromatic nitrogens is 2. The summed E-state index contributed by atoms with van der Waals surface area (Å²) in [5.41, 5.74) is 0.809. The van der Waals surface area contributed by atoms with E-state index in [9.17, 15) is 18.0 Å². The van der Waals surface area contributed by atoms with Gasteiger partial charge in [0.05, 0.1) is 6.04 Å². The number of carbonyl (C=O) groups is 1. The van der Waals surface area contributed by atoms with Gasteiger partial charge in [-0.3, -0.25) is 4.79 Å². The molecule has 1 aromatic carbocycles. The van der Waals surface area contributed by atoms with E-state index in [1.807, 2.05) is 0 Å². The third-order valence-corrected chi connectivity index (χ3v) is 6.65. The molecule has 1 aliphatic heterocycles. The van der Waals surface area contributed by atoms with Gasteiger partial charge in [-0.1, -0.05) is 47.3 Å². The number of anilines is 1. The molecule has 5 nitrogen and oxygen atoms in total. The molecule has 0 saturated heterocycles. The van der Waals surface area contributed by atoms with E-state index in [0.717, 1.165) is 46.8 Å². The summed E-state index contributed by atoms with van der Waals surface area (Å²) >= 11 is 3.35. The molecule has 1 aliphatic carbocycles. The zero-order valence-corrected chi connectivity index (χ0v) is 18.2. The summed E-state index contributed by atoms with van der Waals surface area (Å²) in [5, 5.41) is 7.24. The van der Waals surface area contributed by atoms with E-state index in [0.29, 0.717) is 0 Å². The van der Waals surface area contributed by atoms with Gasteiger partial charge in [0, 0.05) is 30.0 Å². The Labute approximate surface area is 181 Å². The molecule has 0 spiro atoms. The average molecular weight is 485 g/mol. The summed E-state index contributed by atoms with van der Waals surface area (Å²) < 4.78 is 43.3. The van der Waals surface area contributed by atoms with E-state index in [4.69, 9.17) is 0 Å². The van der Waals surface area contributed by atoms with Gasteiger partial charge in [-0.15, -0.1) is 0 Å². The van der Waals surface area contributed by atoms with Crippen LogP contribution in [-0.4, -0.2) is 39.9 Å². The first-order valence-corrected chi connectivity index (χ1v) is 11.0. The van der Waals surface area contributed by atoms with Crippen molar-refractivity contribution < 1.29 is 18.0 Å². The summed E-state index contributed by atoms with van der Waals surface area (Å²) in [6.07, 6.45) is 0.475. The molecule has 4 rings (SSSR count). The van der Waals surface area contributed by atoms with Gasteiger partial charge in [-0.05, 0) is 30.5 Å². The number of nitrogens with one attached hydrogen (secondary N) is 1. The standard InChI is InChI=1S/C21H24BrF3N4O/c1-28(15-5-3-2-4-6-15)20(30)17-12-19-26-16(13-7-9-14(22)10-8-13)11-18(21(23,24)25)29(19)27-17/h7-10,12,15-16,18,26H,2-6,11H2,1H3/t16-,18+/m1/s1. The molecule has 0 bridgehead atoms. The molecule has 162 valence electrons. The Morgan fingerprint density at radius 3 is 2.50 bits per heavy atom. The Kier molecular flexibility index (Phi) is 5.83. The Bertz CT molecular complexity index is 906. The van der Waals surface area contributed by atoms with E-state index in [1.54, 1.807) is 36.2 Å². The molecule has 9 heteroatoms. The Morgan fingerprint density at radius 1 is 1.20 bits per heavy atom. The number of rotatable bonds is 3. The van der Waals surface area contributed by atoms with Crippen LogP contribution in [0, 0.1) is 0 Å². The minimum absolute atomic E-state index is 0.0521. The second-order valence-electron chi connectivity index (χ2n) is 8.11. The van der Waals surface area contributed by atoms with E-state index in [2.05, 4.69) is 26.3 Å². The second-order valence-corrected chi connectivity index (χ2v) is 9.02. The number of alkyl halides is 3. The molecule has 1 saturated carbocycles. The first kappa shape index (κ1) is 21.2. The van der Waals surface area contributed by atoms with Crippen molar-refractivity contribution in [1.29, 1.82) is 0 Å². The zero-order valence-electron chi connectivity index (χ0n) is 16.6. The molecular weight excluding hydrogens is 461 g/mol. The first-order valence-electron chi connectivity index (χ1n) is 10.2. The fourth-order valence-corrected chi connectivity index (χ4v) is 4.67. The monoisotopic (exact) mass is 484 g/mol. The van der Waals surface area contributed by atoms with E-state index in [-0.39, 0.29) is 29.9 Å². The number of fused-ring (bicyclic) bond motifs is 1. The van der Waals surface area contributed by atoms with Gasteiger partial charge in [0.15, 0.2) is 11.7 Å². The van der Waals surface area contributed by atoms with Crippen LogP contribution in [0.2, 0.25) is 0 Å². The van der Waals surface area contributed by atoms with Crippen LogP contribution in [-0.2, 0) is 0 Å². The van der Waals surface area contributed by atoms with Gasteiger partial charge >= 0.3 is 6.18 Å². The summed E-state index contributed by atoms with van der Waals surface area (Å²) in [7, 11) is 1.72. The fourth-order valence-electron chi connectivity index (χ4n) is 4.41. The smallest absolute Gasteiger partial charge is 0.363 e. The van der Waals surface area contributed by atoms with E-state index < -0.39 is 18.3 Å². The summed E-state index contributed by atoms with van der Waals surface area (Å²) in [6.45, 7) is 0. The molecule has 2 aliphatic rings. The number of hydrogen-bond donors (Lipinski definition) is 1. The lowest BCUT2D eigenvalue weighted by Crippen LogP contribution is -2.38. The highest BCUT2D eigenvalue weighted by Gasteiger charge is 2.47. The average Bonchev–Trinajstić information content (AvgIpc) is 3.16. The summed E-state index contributed by atoms with van der Waals surface area (Å²) in [5.74, 6) is -0.108. The lowest BCUT2D eigenvalue weighted by molar-refractivity contribution is -0.173. The molecule has 30 heavy (non-hydrogen) atoms. The van der Waals surface area contributed by atoms with Gasteiger partial charge in [0.25, 0.3) is 5.91 Å². The van der Waals surface area contributed by atoms with E-state index in [1.165, 1.54) is 6.07 Å². The van der Waals surface area contributed by atoms with Crippen molar-refractivity contribution in [1.82, 2.24) is 14.7 Å². The zero-order chi connectivity index (χ0) is 21.5. The molecule has 1 amide bonds. The molecule has 1 fully saturated rings. The number of hydrogen-bond acceptors (Lipinski definition) is 3. The van der Waals surface area contributed by atoms with Crippen molar-refractivity contribution >= 4 is 27.7 Å². The van der Waals surface area contributed by atoms with Crippen LogP contribution < -0.4 is 5.32 Å². The fraction of sp³-hybridized carbons (Fsp3) is 0.524. The first-order chi connectivity index (χ1) is 14.2. The lowest BCUT2D eigenvalue weighted by atomic mass is 9.94. The number of amides is 1. The predicted octanol–water partition coefficient (Wildman–Crippen LogP) is 5.71. The minimum Gasteiger partial charge on any atom is -0.363 e. The van der Waals surface area contributed by atoms with Crippen molar-refractivity contribution in [2.24, 2.45) is 0 Å². The maximum absolute atomic E-state index is 13.8. The molecule has 2 atom stereocenters. The van der Waals surface area contributed by atoms with Gasteiger partial charge in [-0.25, -0.2) is 4.68 Å². The molecule has 0 unspecified atom stereocenters. The molecular formula is C21H24BrF3N4O. The van der Waals surface area contributed by atoms with Crippen LogP contribution in [0.1, 0.15) is 66.7 Å². The maximum Gasteiger partial charge on any atom is 0.410 e. The van der Waals surface area contributed by atoms with Crippen molar-refractivity contribution in [2.75, 3.05) is 12.4 Å². The molecule has 1 aromatic heterocycles. The third kappa shape index (κ3) is 4.22. The Hall–Kier alpha value is -2.03. The van der Waals surface area contributed by atoms with Crippen LogP contribution in [0.25, 0.3) is 0 Å². The van der Waals surface area contributed by atoms with Crippen LogP contribution in [0.4, 0.5) is 19.0 Å². The normalized spacial score (nSPS) is 22.3. The maximum atomic E-state index is 13.8. The Balaban J connectivity index is 1.62. The SMILES string of the molecule is CN(C(=O)c1cc2n(n1)[C@H](C(F)(F)F)C[C@H](c1ccc(Br)cc1)N2)C1CCCCC1. The highest BCUT2D eigenvalue weighted by molar-refractivity contribution is 9.10. The second kappa shape index (κ2) is 8.24. The minimum atomic E-state index is -4.47. The number of nitrogens with zero attached hydrogens (tertiary/aromatic N) is 3. The van der Waals surface area contributed by atoms with Gasteiger partial charge in [0.2, 0.25) is 0 Å². The van der Waals surface area contributed by atoms with Crippen LogP contribution in [0.3, 0.4) is 0 Å². The van der Waals surface area contributed by atoms with Crippen LogP contribution in [0.5, 0.6) is 0 Å². The predicted molar refractivity (Wildman–Crippen MR) is 111 cm³/mol. The quantitative estimate of drug-likeness (QED) is 0.606. The van der Waals surface area contributed by atoms with Crippen molar-refractivity contribution in [3.8, 4) is 0 Å². The molecule has 2 aromatic rings. The van der Waals surface area contributed by atoms with Gasteiger partial charge < -0.3 is 10.2 Å². The highest BCUT2D eigenvalue weighted by atomic mass is 79.9. The summed E-state index contributed by atoms with van der Waals surface area (Å²) in [4.78, 5) is 14.6. The number of halogens is 4. The van der Waals surface area contributed by atoms with Crippen molar-refractivity contribution in [2.45, 2.75) is 62.8 Å². The van der Waals surface area contributed by atoms with Crippen molar-refractivity contribution in [3.63, 3.8) is 0 Å². The third-order valence-electron chi connectivity index (χ3n) is 6.12. The van der Waals surface area contributed by atoms with Crippen LogP contribution >= 0.6 is 15.9 Å². The number of benzene rings is 1. The highest BCUT2D eigenvalue weighted by Crippen LogP contribution is 2.43. The summed E-state index contributed by atoms with van der Waals surface area (Å²) in [6, 6.07) is 6.46. The van der Waals surface area contributed by atoms with Gasteiger partial charge in [0.1, 0.15) is 5.82 Å². The topological polar surface area (TPSA) is 50.2 Å². The Morgan fingerprint density at radius 2 is 1.87 bits per heavy atom. The molecule has 2 heterocycles. The van der Waals surface area contributed by atoms with Crippen molar-refractivity contribution in [3.05, 3.63) is 46.1 Å².